The van der Waals surface area contributed by atoms with E-state index in [9.17, 15) is 22.8 Å². The molecule has 1 heterocycles. The molecule has 0 aliphatic carbocycles. The van der Waals surface area contributed by atoms with Crippen LogP contribution >= 0.6 is 11.6 Å². The zero-order valence-corrected chi connectivity index (χ0v) is 13.4. The first-order valence-corrected chi connectivity index (χ1v) is 7.37. The molecule has 0 aliphatic rings. The number of pyridine rings is 1. The summed E-state index contributed by atoms with van der Waals surface area (Å²) in [6.07, 6.45) is -3.95. The molecule has 0 spiro atoms. The normalized spacial score (nSPS) is 12.7. The highest BCUT2D eigenvalue weighted by Gasteiger charge is 2.31. The molecule has 0 fully saturated rings. The molecule has 4 nitrogen and oxygen atoms in total. The number of rotatable bonds is 4. The Morgan fingerprint density at radius 1 is 1.21 bits per heavy atom. The van der Waals surface area contributed by atoms with Crippen molar-refractivity contribution in [3.05, 3.63) is 69.1 Å². The van der Waals surface area contributed by atoms with Gasteiger partial charge < -0.3 is 9.88 Å². The van der Waals surface area contributed by atoms with Crippen LogP contribution in [0.1, 0.15) is 24.1 Å². The van der Waals surface area contributed by atoms with Crippen LogP contribution < -0.4 is 10.9 Å². The van der Waals surface area contributed by atoms with E-state index >= 15 is 0 Å². The second-order valence-corrected chi connectivity index (χ2v) is 5.66. The van der Waals surface area contributed by atoms with Crippen LogP contribution in [0, 0.1) is 0 Å². The highest BCUT2D eigenvalue weighted by atomic mass is 35.5. The summed E-state index contributed by atoms with van der Waals surface area (Å²) in [4.78, 5) is 23.6. The minimum absolute atomic E-state index is 0.378. The van der Waals surface area contributed by atoms with Gasteiger partial charge in [-0.1, -0.05) is 23.7 Å². The number of halogens is 4. The molecule has 128 valence electrons. The molecule has 1 atom stereocenters. The van der Waals surface area contributed by atoms with Crippen molar-refractivity contribution in [2.24, 2.45) is 0 Å². The maximum atomic E-state index is 12.7. The lowest BCUT2D eigenvalue weighted by Crippen LogP contribution is -2.34. The van der Waals surface area contributed by atoms with Crippen molar-refractivity contribution in [2.45, 2.75) is 25.7 Å². The molecule has 0 radical (unpaired) electrons. The number of carbonyl (C=O) groups is 1. The van der Waals surface area contributed by atoms with Gasteiger partial charge >= 0.3 is 6.18 Å². The summed E-state index contributed by atoms with van der Waals surface area (Å²) < 4.78 is 38.8. The topological polar surface area (TPSA) is 51.1 Å². The molecular formula is C16H14ClF3N2O2. The fraction of sp³-hybridized carbons (Fsp3) is 0.250. The first kappa shape index (κ1) is 18.1. The minimum atomic E-state index is -4.58. The third kappa shape index (κ3) is 4.61. The van der Waals surface area contributed by atoms with Crippen molar-refractivity contribution in [3.8, 4) is 0 Å². The summed E-state index contributed by atoms with van der Waals surface area (Å²) in [6.45, 7) is 1.22. The minimum Gasteiger partial charge on any atom is -0.348 e. The smallest absolute Gasteiger partial charge is 0.348 e. The van der Waals surface area contributed by atoms with Gasteiger partial charge in [-0.2, -0.15) is 13.2 Å². The summed E-state index contributed by atoms with van der Waals surface area (Å²) >= 11 is 5.78. The Labute approximate surface area is 140 Å². The number of carbonyl (C=O) groups excluding carboxylic acids is 1. The standard InChI is InChI=1S/C16H14ClF3N2O2/c1-10(11-2-5-13(17)6-3-11)21-14(23)9-22-8-12(16(18,19)20)4-7-15(22)24/h2-8,10H,9H2,1H3,(H,21,23). The molecule has 1 aromatic heterocycles. The van der Waals surface area contributed by atoms with Crippen LogP contribution in [0.5, 0.6) is 0 Å². The van der Waals surface area contributed by atoms with Crippen molar-refractivity contribution >= 4 is 17.5 Å². The summed E-state index contributed by atoms with van der Waals surface area (Å²) in [6, 6.07) is 7.88. The molecular weight excluding hydrogens is 345 g/mol. The van der Waals surface area contributed by atoms with E-state index in [2.05, 4.69) is 5.32 Å². The van der Waals surface area contributed by atoms with E-state index in [0.717, 1.165) is 16.2 Å². The number of benzene rings is 1. The van der Waals surface area contributed by atoms with Gasteiger partial charge in [0.25, 0.3) is 5.56 Å². The summed E-state index contributed by atoms with van der Waals surface area (Å²) in [5.41, 5.74) is -0.887. The van der Waals surface area contributed by atoms with E-state index in [1.165, 1.54) is 0 Å². The van der Waals surface area contributed by atoms with Gasteiger partial charge in [-0.05, 0) is 30.7 Å². The van der Waals surface area contributed by atoms with Gasteiger partial charge in [0.15, 0.2) is 0 Å². The lowest BCUT2D eigenvalue weighted by molar-refractivity contribution is -0.138. The van der Waals surface area contributed by atoms with Gasteiger partial charge in [0, 0.05) is 17.3 Å². The predicted molar refractivity (Wildman–Crippen MR) is 83.7 cm³/mol. The third-order valence-electron chi connectivity index (χ3n) is 3.37. The second kappa shape index (κ2) is 7.09. The van der Waals surface area contributed by atoms with Crippen LogP contribution in [0.3, 0.4) is 0 Å². The highest BCUT2D eigenvalue weighted by molar-refractivity contribution is 6.30. The van der Waals surface area contributed by atoms with Gasteiger partial charge in [-0.3, -0.25) is 9.59 Å². The van der Waals surface area contributed by atoms with Crippen LogP contribution in [0.4, 0.5) is 13.2 Å². The van der Waals surface area contributed by atoms with Gasteiger partial charge in [0.1, 0.15) is 6.54 Å². The van der Waals surface area contributed by atoms with Gasteiger partial charge in [-0.25, -0.2) is 0 Å². The van der Waals surface area contributed by atoms with Crippen LogP contribution in [-0.2, 0) is 17.5 Å². The Morgan fingerprint density at radius 3 is 2.42 bits per heavy atom. The largest absolute Gasteiger partial charge is 0.417 e. The number of hydrogen-bond acceptors (Lipinski definition) is 2. The number of nitrogens with one attached hydrogen (secondary N) is 1. The first-order valence-electron chi connectivity index (χ1n) is 6.99. The molecule has 0 bridgehead atoms. The van der Waals surface area contributed by atoms with Crippen LogP contribution in [0.15, 0.2) is 47.4 Å². The number of hydrogen-bond donors (Lipinski definition) is 1. The van der Waals surface area contributed by atoms with Gasteiger partial charge in [0.05, 0.1) is 11.6 Å². The first-order chi connectivity index (χ1) is 11.2. The number of amides is 1. The molecule has 8 heteroatoms. The Bertz CT molecular complexity index is 785. The van der Waals surface area contributed by atoms with Crippen LogP contribution in [-0.4, -0.2) is 10.5 Å². The zero-order valence-electron chi connectivity index (χ0n) is 12.6. The Hall–Kier alpha value is -2.28. The monoisotopic (exact) mass is 358 g/mol. The highest BCUT2D eigenvalue weighted by Crippen LogP contribution is 2.28. The molecule has 1 aromatic carbocycles. The maximum absolute atomic E-state index is 12.7. The molecule has 2 aromatic rings. The molecule has 24 heavy (non-hydrogen) atoms. The fourth-order valence-corrected chi connectivity index (χ4v) is 2.23. The molecule has 0 saturated carbocycles. The molecule has 1 amide bonds. The number of alkyl halides is 3. The van der Waals surface area contributed by atoms with E-state index in [4.69, 9.17) is 11.6 Å². The summed E-state index contributed by atoms with van der Waals surface area (Å²) in [5, 5.41) is 3.18. The van der Waals surface area contributed by atoms with Crippen LogP contribution in [0.25, 0.3) is 0 Å². The number of nitrogens with zero attached hydrogens (tertiary/aromatic N) is 1. The van der Waals surface area contributed by atoms with Crippen molar-refractivity contribution in [1.82, 2.24) is 9.88 Å². The molecule has 1 N–H and O–H groups in total. The molecule has 1 unspecified atom stereocenters. The van der Waals surface area contributed by atoms with Gasteiger partial charge in [0.2, 0.25) is 5.91 Å². The Kier molecular flexibility index (Phi) is 5.33. The zero-order chi connectivity index (χ0) is 17.9. The molecule has 0 aliphatic heterocycles. The Balaban J connectivity index is 2.09. The van der Waals surface area contributed by atoms with E-state index in [1.807, 2.05) is 0 Å². The lowest BCUT2D eigenvalue weighted by atomic mass is 10.1. The average molecular weight is 359 g/mol. The van der Waals surface area contributed by atoms with Crippen molar-refractivity contribution in [2.75, 3.05) is 0 Å². The van der Waals surface area contributed by atoms with Crippen LogP contribution in [0.2, 0.25) is 5.02 Å². The van der Waals surface area contributed by atoms with Crippen molar-refractivity contribution in [3.63, 3.8) is 0 Å². The lowest BCUT2D eigenvalue weighted by Gasteiger charge is -2.15. The molecule has 0 saturated heterocycles. The number of aromatic nitrogens is 1. The predicted octanol–water partition coefficient (Wildman–Crippen LogP) is 3.40. The maximum Gasteiger partial charge on any atom is 0.417 e. The van der Waals surface area contributed by atoms with E-state index in [-0.39, 0.29) is 6.04 Å². The van der Waals surface area contributed by atoms with Gasteiger partial charge in [-0.15, -0.1) is 0 Å². The van der Waals surface area contributed by atoms with E-state index in [0.29, 0.717) is 17.3 Å². The molecule has 2 rings (SSSR count). The Morgan fingerprint density at radius 2 is 1.83 bits per heavy atom. The average Bonchev–Trinajstić information content (AvgIpc) is 2.48. The SMILES string of the molecule is CC(NC(=O)Cn1cc(C(F)(F)F)ccc1=O)c1ccc(Cl)cc1. The second-order valence-electron chi connectivity index (χ2n) is 5.22. The van der Waals surface area contributed by atoms with E-state index < -0.39 is 29.8 Å². The summed E-state index contributed by atoms with van der Waals surface area (Å²) in [5.74, 6) is -0.570. The van der Waals surface area contributed by atoms with Crippen molar-refractivity contribution < 1.29 is 18.0 Å². The van der Waals surface area contributed by atoms with E-state index in [1.54, 1.807) is 31.2 Å². The quantitative estimate of drug-likeness (QED) is 0.910. The summed E-state index contributed by atoms with van der Waals surface area (Å²) in [7, 11) is 0. The third-order valence-corrected chi connectivity index (χ3v) is 3.62. The van der Waals surface area contributed by atoms with Crippen molar-refractivity contribution in [1.29, 1.82) is 0 Å². The fourth-order valence-electron chi connectivity index (χ4n) is 2.10.